The maximum absolute atomic E-state index is 13.1. The fraction of sp³-hybridized carbons (Fsp3) is 0.400. The Morgan fingerprint density at radius 2 is 2.00 bits per heavy atom. The normalized spacial score (nSPS) is 21.0. The average Bonchev–Trinajstić information content (AvgIpc) is 2.87. The Bertz CT molecular complexity index is 934. The summed E-state index contributed by atoms with van der Waals surface area (Å²) in [6, 6.07) is 8.05. The van der Waals surface area contributed by atoms with Crippen molar-refractivity contribution >= 4 is 30.8 Å². The molecule has 1 atom stereocenters. The zero-order valence-electron chi connectivity index (χ0n) is 12.7. The van der Waals surface area contributed by atoms with Gasteiger partial charge in [0.2, 0.25) is 10.0 Å². The molecule has 3 rings (SSSR count). The van der Waals surface area contributed by atoms with Gasteiger partial charge in [0.25, 0.3) is 0 Å². The second kappa shape index (κ2) is 5.85. The molecule has 1 fully saturated rings. The molecule has 124 valence electrons. The van der Waals surface area contributed by atoms with Crippen LogP contribution in [0, 0.1) is 0 Å². The van der Waals surface area contributed by atoms with E-state index in [1.807, 2.05) is 0 Å². The van der Waals surface area contributed by atoms with Gasteiger partial charge in [0.15, 0.2) is 9.84 Å². The number of rotatable bonds is 4. The number of hydrogen-bond acceptors (Lipinski definition) is 5. The Labute approximate surface area is 136 Å². The summed E-state index contributed by atoms with van der Waals surface area (Å²) in [6.07, 6.45) is 1.89. The number of sulfonamides is 1. The number of aromatic nitrogens is 1. The van der Waals surface area contributed by atoms with E-state index >= 15 is 0 Å². The lowest BCUT2D eigenvalue weighted by Gasteiger charge is -2.26. The van der Waals surface area contributed by atoms with E-state index in [1.54, 1.807) is 37.4 Å². The maximum atomic E-state index is 13.1. The minimum Gasteiger partial charge on any atom is -0.255 e. The molecule has 2 heterocycles. The maximum Gasteiger partial charge on any atom is 0.245 e. The Morgan fingerprint density at radius 1 is 1.26 bits per heavy atom. The van der Waals surface area contributed by atoms with Crippen LogP contribution in [0.4, 0.5) is 0 Å². The van der Waals surface area contributed by atoms with E-state index in [0.29, 0.717) is 11.9 Å². The molecule has 0 amide bonds. The Hall–Kier alpha value is -1.51. The second-order valence-corrected chi connectivity index (χ2v) is 9.68. The molecule has 0 aliphatic carbocycles. The molecule has 0 unspecified atom stereocenters. The van der Waals surface area contributed by atoms with Gasteiger partial charge in [-0.3, -0.25) is 4.98 Å². The Balaban J connectivity index is 2.09. The number of benzene rings is 1. The van der Waals surface area contributed by atoms with Crippen molar-refractivity contribution in [3.63, 3.8) is 0 Å². The topological polar surface area (TPSA) is 84.4 Å². The van der Waals surface area contributed by atoms with Gasteiger partial charge >= 0.3 is 0 Å². The van der Waals surface area contributed by atoms with Gasteiger partial charge in [-0.1, -0.05) is 25.1 Å². The van der Waals surface area contributed by atoms with Crippen LogP contribution in [0.2, 0.25) is 0 Å². The first-order valence-electron chi connectivity index (χ1n) is 7.41. The van der Waals surface area contributed by atoms with E-state index in [1.165, 1.54) is 10.4 Å². The molecule has 6 nitrogen and oxygen atoms in total. The summed E-state index contributed by atoms with van der Waals surface area (Å²) in [4.78, 5) is 4.32. The minimum atomic E-state index is -3.80. The zero-order valence-corrected chi connectivity index (χ0v) is 14.3. The molecule has 0 N–H and O–H groups in total. The number of para-hydroxylation sites is 1. The SMILES string of the molecule is CCN([C@H]1CCS(=O)(=O)C1)S(=O)(=O)c1cccc2cccnc12. The van der Waals surface area contributed by atoms with Crippen molar-refractivity contribution in [3.05, 3.63) is 36.5 Å². The van der Waals surface area contributed by atoms with Gasteiger partial charge < -0.3 is 0 Å². The van der Waals surface area contributed by atoms with Crippen molar-refractivity contribution in [2.75, 3.05) is 18.1 Å². The van der Waals surface area contributed by atoms with Crippen LogP contribution >= 0.6 is 0 Å². The largest absolute Gasteiger partial charge is 0.255 e. The standard InChI is InChI=1S/C15H18N2O4S2/c1-2-17(13-8-10-22(18,19)11-13)23(20,21)14-7-3-5-12-6-4-9-16-15(12)14/h3-7,9,13H,2,8,10-11H2,1H3/t13-/m0/s1. The summed E-state index contributed by atoms with van der Waals surface area (Å²) in [6.45, 7) is 1.95. The molecule has 0 spiro atoms. The van der Waals surface area contributed by atoms with Gasteiger partial charge in [-0.2, -0.15) is 4.31 Å². The van der Waals surface area contributed by atoms with Crippen LogP contribution in [0.25, 0.3) is 10.9 Å². The molecule has 1 aliphatic rings. The van der Waals surface area contributed by atoms with E-state index in [4.69, 9.17) is 0 Å². The summed E-state index contributed by atoms with van der Waals surface area (Å²) in [5.41, 5.74) is 0.411. The predicted octanol–water partition coefficient (Wildman–Crippen LogP) is 1.43. The molecule has 1 aromatic carbocycles. The van der Waals surface area contributed by atoms with Gasteiger partial charge in [0, 0.05) is 24.2 Å². The Morgan fingerprint density at radius 3 is 2.65 bits per heavy atom. The van der Waals surface area contributed by atoms with Gasteiger partial charge in [-0.05, 0) is 18.6 Å². The van der Waals surface area contributed by atoms with Crippen LogP contribution in [0.15, 0.2) is 41.4 Å². The monoisotopic (exact) mass is 354 g/mol. The van der Waals surface area contributed by atoms with Crippen LogP contribution in [0.5, 0.6) is 0 Å². The number of fused-ring (bicyclic) bond motifs is 1. The third kappa shape index (κ3) is 2.98. The molecule has 1 aromatic heterocycles. The first kappa shape index (κ1) is 16.4. The van der Waals surface area contributed by atoms with Crippen LogP contribution in [-0.4, -0.2) is 50.2 Å². The number of hydrogen-bond donors (Lipinski definition) is 0. The lowest BCUT2D eigenvalue weighted by Crippen LogP contribution is -2.41. The van der Waals surface area contributed by atoms with Crippen molar-refractivity contribution in [1.82, 2.24) is 9.29 Å². The summed E-state index contributed by atoms with van der Waals surface area (Å²) in [5.74, 6) is -0.0737. The molecule has 1 aliphatic heterocycles. The molecule has 0 radical (unpaired) electrons. The first-order valence-corrected chi connectivity index (χ1v) is 10.7. The van der Waals surface area contributed by atoms with Gasteiger partial charge in [0.05, 0.1) is 17.0 Å². The molecule has 0 saturated carbocycles. The van der Waals surface area contributed by atoms with E-state index in [9.17, 15) is 16.8 Å². The van der Waals surface area contributed by atoms with Crippen molar-refractivity contribution in [3.8, 4) is 0 Å². The molecule has 8 heteroatoms. The average molecular weight is 354 g/mol. The van der Waals surface area contributed by atoms with E-state index in [-0.39, 0.29) is 22.9 Å². The van der Waals surface area contributed by atoms with Crippen LogP contribution in [-0.2, 0) is 19.9 Å². The quantitative estimate of drug-likeness (QED) is 0.829. The summed E-state index contributed by atoms with van der Waals surface area (Å²) < 4.78 is 50.8. The second-order valence-electron chi connectivity index (χ2n) is 5.60. The van der Waals surface area contributed by atoms with Crippen molar-refractivity contribution < 1.29 is 16.8 Å². The lowest BCUT2D eigenvalue weighted by molar-refractivity contribution is 0.355. The van der Waals surface area contributed by atoms with Gasteiger partial charge in [-0.15, -0.1) is 0 Å². The van der Waals surface area contributed by atoms with Crippen LogP contribution in [0.3, 0.4) is 0 Å². The predicted molar refractivity (Wildman–Crippen MR) is 88.4 cm³/mol. The Kier molecular flexibility index (Phi) is 4.16. The number of nitrogens with zero attached hydrogens (tertiary/aromatic N) is 2. The van der Waals surface area contributed by atoms with Crippen LogP contribution < -0.4 is 0 Å². The summed E-state index contributed by atoms with van der Waals surface area (Å²) in [7, 11) is -6.96. The third-order valence-electron chi connectivity index (χ3n) is 4.11. The molecular formula is C15H18N2O4S2. The molecule has 1 saturated heterocycles. The van der Waals surface area contributed by atoms with Gasteiger partial charge in [-0.25, -0.2) is 16.8 Å². The highest BCUT2D eigenvalue weighted by Gasteiger charge is 2.38. The van der Waals surface area contributed by atoms with Crippen molar-refractivity contribution in [1.29, 1.82) is 0 Å². The fourth-order valence-corrected chi connectivity index (χ4v) is 6.69. The van der Waals surface area contributed by atoms with Crippen molar-refractivity contribution in [2.45, 2.75) is 24.3 Å². The fourth-order valence-electron chi connectivity index (χ4n) is 3.04. The molecule has 0 bridgehead atoms. The highest BCUT2D eigenvalue weighted by atomic mass is 32.2. The highest BCUT2D eigenvalue weighted by Crippen LogP contribution is 2.28. The highest BCUT2D eigenvalue weighted by molar-refractivity contribution is 7.92. The van der Waals surface area contributed by atoms with E-state index < -0.39 is 25.9 Å². The summed E-state index contributed by atoms with van der Waals surface area (Å²) >= 11 is 0. The zero-order chi connectivity index (χ0) is 16.7. The first-order chi connectivity index (χ1) is 10.8. The van der Waals surface area contributed by atoms with Crippen LogP contribution in [0.1, 0.15) is 13.3 Å². The molecular weight excluding hydrogens is 336 g/mol. The smallest absolute Gasteiger partial charge is 0.245 e. The minimum absolute atomic E-state index is 0.0392. The number of pyridine rings is 1. The number of sulfone groups is 1. The summed E-state index contributed by atoms with van der Waals surface area (Å²) in [5, 5.41) is 0.740. The van der Waals surface area contributed by atoms with E-state index in [2.05, 4.69) is 4.98 Å². The van der Waals surface area contributed by atoms with Crippen molar-refractivity contribution in [2.24, 2.45) is 0 Å². The lowest BCUT2D eigenvalue weighted by atomic mass is 10.2. The van der Waals surface area contributed by atoms with Gasteiger partial charge in [0.1, 0.15) is 4.90 Å². The third-order valence-corrected chi connectivity index (χ3v) is 7.92. The molecule has 23 heavy (non-hydrogen) atoms. The molecule has 2 aromatic rings. The van der Waals surface area contributed by atoms with E-state index in [0.717, 1.165) is 5.39 Å².